The smallest absolute Gasteiger partial charge is 0.150 e. The van der Waals surface area contributed by atoms with Crippen LogP contribution in [0.5, 0.6) is 0 Å². The Morgan fingerprint density at radius 1 is 1.26 bits per heavy atom. The van der Waals surface area contributed by atoms with Crippen LogP contribution in [0.15, 0.2) is 0 Å². The second-order valence-corrected chi connectivity index (χ2v) is 7.97. The Balaban J connectivity index is 1.88. The molecule has 0 aromatic carbocycles. The van der Waals surface area contributed by atoms with Crippen molar-refractivity contribution < 1.29 is 13.2 Å². The van der Waals surface area contributed by atoms with E-state index in [-0.39, 0.29) is 0 Å². The molecule has 2 heterocycles. The minimum absolute atomic E-state index is 0.346. The average Bonchev–Trinajstić information content (AvgIpc) is 2.87. The molecule has 2 fully saturated rings. The zero-order valence-electron chi connectivity index (χ0n) is 11.8. The molecule has 0 saturated carbocycles. The quantitative estimate of drug-likeness (QED) is 0.760. The molecule has 1 unspecified atom stereocenters. The van der Waals surface area contributed by atoms with E-state index in [1.807, 2.05) is 0 Å². The summed E-state index contributed by atoms with van der Waals surface area (Å²) in [6.45, 7) is 3.76. The Hall–Kier alpha value is -0.170. The van der Waals surface area contributed by atoms with Crippen LogP contribution in [0, 0.1) is 0 Å². The van der Waals surface area contributed by atoms with E-state index in [9.17, 15) is 8.42 Å². The topological polar surface area (TPSA) is 58.6 Å². The van der Waals surface area contributed by atoms with Gasteiger partial charge in [-0.25, -0.2) is 8.42 Å². The number of rotatable bonds is 6. The number of nitrogens with one attached hydrogen (secondary N) is 1. The lowest BCUT2D eigenvalue weighted by Gasteiger charge is -2.35. The molecule has 112 valence electrons. The Bertz CT molecular complexity index is 352. The summed E-state index contributed by atoms with van der Waals surface area (Å²) in [5.41, 5.74) is 0. The van der Waals surface area contributed by atoms with Crippen molar-refractivity contribution in [2.75, 3.05) is 44.9 Å². The van der Waals surface area contributed by atoms with Crippen LogP contribution in [-0.2, 0) is 14.6 Å². The summed E-state index contributed by atoms with van der Waals surface area (Å²) in [7, 11) is -1.05. The molecule has 2 aliphatic heterocycles. The third-order valence-electron chi connectivity index (χ3n) is 4.24. The second-order valence-electron chi connectivity index (χ2n) is 5.66. The Morgan fingerprint density at radius 2 is 2.00 bits per heavy atom. The van der Waals surface area contributed by atoms with Gasteiger partial charge in [0.25, 0.3) is 0 Å². The van der Waals surface area contributed by atoms with Crippen molar-refractivity contribution in [2.24, 2.45) is 0 Å². The largest absolute Gasteiger partial charge is 0.383 e. The van der Waals surface area contributed by atoms with E-state index in [1.54, 1.807) is 7.11 Å². The number of hydrogen-bond donors (Lipinski definition) is 1. The Morgan fingerprint density at radius 3 is 2.58 bits per heavy atom. The lowest BCUT2D eigenvalue weighted by atomic mass is 10.1. The van der Waals surface area contributed by atoms with Gasteiger partial charge in [-0.2, -0.15) is 0 Å². The predicted octanol–water partition coefficient (Wildman–Crippen LogP) is 0.264. The van der Waals surface area contributed by atoms with Gasteiger partial charge in [0.05, 0.1) is 18.1 Å². The van der Waals surface area contributed by atoms with Crippen molar-refractivity contribution in [1.82, 2.24) is 10.2 Å². The molecule has 0 aliphatic carbocycles. The maximum atomic E-state index is 11.5. The van der Waals surface area contributed by atoms with Crippen LogP contribution in [0.3, 0.4) is 0 Å². The van der Waals surface area contributed by atoms with Gasteiger partial charge in [-0.05, 0) is 32.2 Å². The molecule has 1 atom stereocenters. The number of nitrogens with zero attached hydrogens (tertiary/aromatic N) is 1. The third-order valence-corrected chi connectivity index (χ3v) is 5.96. The summed E-state index contributed by atoms with van der Waals surface area (Å²) in [5, 5.41) is 3.52. The predicted molar refractivity (Wildman–Crippen MR) is 76.1 cm³/mol. The van der Waals surface area contributed by atoms with E-state index in [4.69, 9.17) is 4.74 Å². The van der Waals surface area contributed by atoms with Gasteiger partial charge in [-0.15, -0.1) is 0 Å². The summed E-state index contributed by atoms with van der Waals surface area (Å²) in [5.74, 6) is 0.693. The van der Waals surface area contributed by atoms with Crippen molar-refractivity contribution >= 4 is 9.84 Å². The van der Waals surface area contributed by atoms with Gasteiger partial charge in [-0.1, -0.05) is 0 Å². The summed E-state index contributed by atoms with van der Waals surface area (Å²) < 4.78 is 28.2. The van der Waals surface area contributed by atoms with Crippen molar-refractivity contribution in [3.05, 3.63) is 0 Å². The summed E-state index contributed by atoms with van der Waals surface area (Å²) in [4.78, 5) is 2.43. The highest BCUT2D eigenvalue weighted by Crippen LogP contribution is 2.19. The highest BCUT2D eigenvalue weighted by molar-refractivity contribution is 7.91. The van der Waals surface area contributed by atoms with Gasteiger partial charge in [0, 0.05) is 32.3 Å². The highest BCUT2D eigenvalue weighted by atomic mass is 32.2. The van der Waals surface area contributed by atoms with E-state index in [0.29, 0.717) is 23.6 Å². The van der Waals surface area contributed by atoms with Gasteiger partial charge < -0.3 is 10.1 Å². The highest BCUT2D eigenvalue weighted by Gasteiger charge is 2.29. The summed E-state index contributed by atoms with van der Waals surface area (Å²) in [6, 6.07) is 0.969. The molecular weight excluding hydrogens is 264 g/mol. The average molecular weight is 290 g/mol. The van der Waals surface area contributed by atoms with Crippen molar-refractivity contribution in [3.8, 4) is 0 Å². The normalized spacial score (nSPS) is 28.0. The fourth-order valence-corrected chi connectivity index (χ4v) is 4.54. The van der Waals surface area contributed by atoms with Crippen LogP contribution in [0.25, 0.3) is 0 Å². The lowest BCUT2D eigenvalue weighted by Crippen LogP contribution is -2.47. The molecule has 0 radical (unpaired) electrons. The van der Waals surface area contributed by atoms with E-state index in [1.165, 1.54) is 12.8 Å². The van der Waals surface area contributed by atoms with Crippen LogP contribution >= 0.6 is 0 Å². The zero-order valence-corrected chi connectivity index (χ0v) is 12.6. The molecule has 0 amide bonds. The Labute approximate surface area is 116 Å². The van der Waals surface area contributed by atoms with Gasteiger partial charge >= 0.3 is 0 Å². The monoisotopic (exact) mass is 290 g/mol. The molecule has 0 spiro atoms. The fourth-order valence-electron chi connectivity index (χ4n) is 3.07. The van der Waals surface area contributed by atoms with Gasteiger partial charge in [0.1, 0.15) is 9.84 Å². The molecule has 2 saturated heterocycles. The van der Waals surface area contributed by atoms with Gasteiger partial charge in [0.15, 0.2) is 0 Å². The van der Waals surface area contributed by atoms with E-state index in [2.05, 4.69) is 10.2 Å². The molecule has 0 bridgehead atoms. The molecule has 5 nitrogen and oxygen atoms in total. The van der Waals surface area contributed by atoms with Crippen molar-refractivity contribution in [2.45, 2.75) is 37.8 Å². The SMILES string of the molecule is COCCN(CC1CCCN1)C1CCS(=O)(=O)CC1. The third kappa shape index (κ3) is 4.70. The molecule has 0 aromatic heterocycles. The minimum atomic E-state index is -2.77. The number of methoxy groups -OCH3 is 1. The van der Waals surface area contributed by atoms with Crippen LogP contribution in [-0.4, -0.2) is 70.3 Å². The first-order chi connectivity index (χ1) is 9.11. The molecule has 1 N–H and O–H groups in total. The van der Waals surface area contributed by atoms with Crippen molar-refractivity contribution in [3.63, 3.8) is 0 Å². The zero-order chi connectivity index (χ0) is 13.7. The molecule has 0 aromatic rings. The second kappa shape index (κ2) is 7.02. The summed E-state index contributed by atoms with van der Waals surface area (Å²) >= 11 is 0. The molecule has 19 heavy (non-hydrogen) atoms. The number of hydrogen-bond acceptors (Lipinski definition) is 5. The van der Waals surface area contributed by atoms with Gasteiger partial charge in [0.2, 0.25) is 0 Å². The van der Waals surface area contributed by atoms with Crippen molar-refractivity contribution in [1.29, 1.82) is 0 Å². The lowest BCUT2D eigenvalue weighted by molar-refractivity contribution is 0.107. The first-order valence-corrected chi connectivity index (χ1v) is 9.09. The first kappa shape index (κ1) is 15.2. The van der Waals surface area contributed by atoms with E-state index < -0.39 is 9.84 Å². The van der Waals surface area contributed by atoms with Crippen LogP contribution in [0.2, 0.25) is 0 Å². The summed E-state index contributed by atoms with van der Waals surface area (Å²) in [6.07, 6.45) is 4.04. The number of ether oxygens (including phenoxy) is 1. The minimum Gasteiger partial charge on any atom is -0.383 e. The molecule has 6 heteroatoms. The fraction of sp³-hybridized carbons (Fsp3) is 1.00. The molecular formula is C13H26N2O3S. The van der Waals surface area contributed by atoms with Gasteiger partial charge in [-0.3, -0.25) is 4.90 Å². The maximum absolute atomic E-state index is 11.5. The van der Waals surface area contributed by atoms with E-state index in [0.717, 1.165) is 39.1 Å². The Kier molecular flexibility index (Phi) is 5.62. The van der Waals surface area contributed by atoms with Crippen LogP contribution < -0.4 is 5.32 Å². The van der Waals surface area contributed by atoms with Crippen LogP contribution in [0.4, 0.5) is 0 Å². The first-order valence-electron chi connectivity index (χ1n) is 7.27. The molecule has 2 rings (SSSR count). The maximum Gasteiger partial charge on any atom is 0.150 e. The standard InChI is InChI=1S/C13H26N2O3S/c1-18-8-7-15(11-12-3-2-6-14-12)13-4-9-19(16,17)10-5-13/h12-14H,2-11H2,1H3. The van der Waals surface area contributed by atoms with Crippen LogP contribution in [0.1, 0.15) is 25.7 Å². The number of sulfone groups is 1. The molecule has 2 aliphatic rings. The van der Waals surface area contributed by atoms with E-state index >= 15 is 0 Å².